The minimum Gasteiger partial charge on any atom is -0.508 e. The molecule has 0 amide bonds. The van der Waals surface area contributed by atoms with E-state index < -0.39 is 0 Å². The van der Waals surface area contributed by atoms with Crippen molar-refractivity contribution in [2.45, 2.75) is 13.0 Å². The van der Waals surface area contributed by atoms with Gasteiger partial charge in [0.05, 0.1) is 0 Å². The van der Waals surface area contributed by atoms with Crippen molar-refractivity contribution in [1.29, 1.82) is 0 Å². The third-order valence-corrected chi connectivity index (χ3v) is 4.38. The van der Waals surface area contributed by atoms with Crippen LogP contribution in [0.1, 0.15) is 12.0 Å². The lowest BCUT2D eigenvalue weighted by Gasteiger charge is -2.22. The summed E-state index contributed by atoms with van der Waals surface area (Å²) in [6.45, 7) is 5.38. The van der Waals surface area contributed by atoms with Gasteiger partial charge in [-0.25, -0.2) is 0 Å². The van der Waals surface area contributed by atoms with E-state index in [1.54, 1.807) is 6.07 Å². The van der Waals surface area contributed by atoms with E-state index in [9.17, 15) is 5.11 Å². The smallest absolute Gasteiger partial charge is 0.115 e. The summed E-state index contributed by atoms with van der Waals surface area (Å²) >= 11 is 0. The van der Waals surface area contributed by atoms with Gasteiger partial charge in [0.1, 0.15) is 5.75 Å². The molecule has 2 aromatic carbocycles. The number of benzene rings is 2. The highest BCUT2D eigenvalue weighted by Gasteiger charge is 2.15. The third kappa shape index (κ3) is 3.67. The van der Waals surface area contributed by atoms with Crippen LogP contribution in [0, 0.1) is 0 Å². The lowest BCUT2D eigenvalue weighted by atomic mass is 9.99. The number of phenols is 1. The van der Waals surface area contributed by atoms with Crippen molar-refractivity contribution < 1.29 is 5.11 Å². The van der Waals surface area contributed by atoms with Crippen LogP contribution in [0.5, 0.6) is 5.75 Å². The number of aromatic hydroxyl groups is 1. The molecule has 0 atom stereocenters. The van der Waals surface area contributed by atoms with E-state index in [1.165, 1.54) is 29.7 Å². The molecule has 116 valence electrons. The second-order valence-electron chi connectivity index (χ2n) is 6.14. The average Bonchev–Trinajstić information content (AvgIpc) is 2.73. The maximum atomic E-state index is 9.88. The number of rotatable bonds is 3. The zero-order valence-electron chi connectivity index (χ0n) is 13.2. The standard InChI is InChI=1S/C19H24N2O/c1-20-10-5-11-21(13-12-20)15-17-14-18(22)8-9-19(17)16-6-3-2-4-7-16/h2-4,6-9,14,22H,5,10-13,15H2,1H3. The van der Waals surface area contributed by atoms with Gasteiger partial charge >= 0.3 is 0 Å². The molecule has 1 N–H and O–H groups in total. The maximum Gasteiger partial charge on any atom is 0.115 e. The maximum absolute atomic E-state index is 9.88. The molecule has 0 aliphatic carbocycles. The lowest BCUT2D eigenvalue weighted by Crippen LogP contribution is -2.28. The molecule has 2 aromatic rings. The molecule has 3 rings (SSSR count). The van der Waals surface area contributed by atoms with E-state index in [4.69, 9.17) is 0 Å². The van der Waals surface area contributed by atoms with E-state index in [-0.39, 0.29) is 0 Å². The zero-order chi connectivity index (χ0) is 15.4. The van der Waals surface area contributed by atoms with Gasteiger partial charge in [-0.05, 0) is 55.4 Å². The van der Waals surface area contributed by atoms with Crippen molar-refractivity contribution in [2.75, 3.05) is 33.2 Å². The summed E-state index contributed by atoms with van der Waals surface area (Å²) in [5, 5.41) is 9.88. The van der Waals surface area contributed by atoms with Crippen LogP contribution in [0.15, 0.2) is 48.5 Å². The van der Waals surface area contributed by atoms with E-state index in [1.807, 2.05) is 18.2 Å². The molecule has 1 heterocycles. The highest BCUT2D eigenvalue weighted by molar-refractivity contribution is 5.68. The van der Waals surface area contributed by atoms with Gasteiger partial charge in [0.2, 0.25) is 0 Å². The Morgan fingerprint density at radius 1 is 0.955 bits per heavy atom. The van der Waals surface area contributed by atoms with Crippen molar-refractivity contribution in [3.05, 3.63) is 54.1 Å². The molecule has 0 spiro atoms. The second kappa shape index (κ2) is 6.95. The first-order valence-corrected chi connectivity index (χ1v) is 8.00. The summed E-state index contributed by atoms with van der Waals surface area (Å²) in [4.78, 5) is 4.88. The fraction of sp³-hybridized carbons (Fsp3) is 0.368. The van der Waals surface area contributed by atoms with Crippen LogP contribution >= 0.6 is 0 Å². The van der Waals surface area contributed by atoms with E-state index in [0.29, 0.717) is 5.75 Å². The van der Waals surface area contributed by atoms with Gasteiger partial charge < -0.3 is 10.0 Å². The molecule has 3 nitrogen and oxygen atoms in total. The predicted molar refractivity (Wildman–Crippen MR) is 90.9 cm³/mol. The Kier molecular flexibility index (Phi) is 4.76. The van der Waals surface area contributed by atoms with Crippen LogP contribution in [-0.2, 0) is 6.54 Å². The van der Waals surface area contributed by atoms with Gasteiger partial charge in [0.15, 0.2) is 0 Å². The monoisotopic (exact) mass is 296 g/mol. The zero-order valence-corrected chi connectivity index (χ0v) is 13.2. The molecule has 0 radical (unpaired) electrons. The Balaban J connectivity index is 1.84. The van der Waals surface area contributed by atoms with Crippen LogP contribution in [0.4, 0.5) is 0 Å². The first-order chi connectivity index (χ1) is 10.7. The van der Waals surface area contributed by atoms with E-state index >= 15 is 0 Å². The summed E-state index contributed by atoms with van der Waals surface area (Å²) in [6.07, 6.45) is 1.20. The van der Waals surface area contributed by atoms with Crippen molar-refractivity contribution in [1.82, 2.24) is 9.80 Å². The number of nitrogens with zero attached hydrogens (tertiary/aromatic N) is 2. The molecule has 22 heavy (non-hydrogen) atoms. The summed E-state index contributed by atoms with van der Waals surface area (Å²) < 4.78 is 0. The van der Waals surface area contributed by atoms with Crippen LogP contribution in [0.25, 0.3) is 11.1 Å². The van der Waals surface area contributed by atoms with Crippen LogP contribution in [-0.4, -0.2) is 48.1 Å². The Bertz CT molecular complexity index is 612. The number of likely N-dealkylation sites (N-methyl/N-ethyl adjacent to an activating group) is 1. The minimum absolute atomic E-state index is 0.349. The lowest BCUT2D eigenvalue weighted by molar-refractivity contribution is 0.269. The molecular formula is C19H24N2O. The van der Waals surface area contributed by atoms with E-state index in [2.05, 4.69) is 41.1 Å². The largest absolute Gasteiger partial charge is 0.508 e. The molecule has 1 saturated heterocycles. The molecule has 1 fully saturated rings. The average molecular weight is 296 g/mol. The van der Waals surface area contributed by atoms with Gasteiger partial charge in [-0.1, -0.05) is 36.4 Å². The summed E-state index contributed by atoms with van der Waals surface area (Å²) in [6, 6.07) is 16.1. The quantitative estimate of drug-likeness (QED) is 0.942. The van der Waals surface area contributed by atoms with Gasteiger partial charge in [0.25, 0.3) is 0 Å². The molecule has 0 aromatic heterocycles. The molecule has 3 heteroatoms. The summed E-state index contributed by atoms with van der Waals surface area (Å²) in [5.41, 5.74) is 3.64. The molecule has 1 aliphatic heterocycles. The highest BCUT2D eigenvalue weighted by atomic mass is 16.3. The topological polar surface area (TPSA) is 26.7 Å². The Morgan fingerprint density at radius 3 is 2.59 bits per heavy atom. The Labute approximate surface area is 132 Å². The SMILES string of the molecule is CN1CCCN(Cc2cc(O)ccc2-c2ccccc2)CC1. The normalized spacial score (nSPS) is 17.3. The second-order valence-corrected chi connectivity index (χ2v) is 6.14. The first-order valence-electron chi connectivity index (χ1n) is 8.00. The van der Waals surface area contributed by atoms with Crippen molar-refractivity contribution in [2.24, 2.45) is 0 Å². The molecule has 0 saturated carbocycles. The third-order valence-electron chi connectivity index (χ3n) is 4.38. The van der Waals surface area contributed by atoms with Crippen LogP contribution < -0.4 is 0 Å². The predicted octanol–water partition coefficient (Wildman–Crippen LogP) is 3.20. The van der Waals surface area contributed by atoms with Crippen LogP contribution in [0.2, 0.25) is 0 Å². The number of phenolic OH excluding ortho intramolecular Hbond substituents is 1. The van der Waals surface area contributed by atoms with Gasteiger partial charge in [0, 0.05) is 19.6 Å². The minimum atomic E-state index is 0.349. The fourth-order valence-electron chi connectivity index (χ4n) is 3.11. The molecule has 0 unspecified atom stereocenters. The number of hydrogen-bond donors (Lipinski definition) is 1. The summed E-state index contributed by atoms with van der Waals surface area (Å²) in [5.74, 6) is 0.349. The molecule has 1 aliphatic rings. The van der Waals surface area contributed by atoms with Crippen molar-refractivity contribution >= 4 is 0 Å². The van der Waals surface area contributed by atoms with Crippen LogP contribution in [0.3, 0.4) is 0 Å². The first kappa shape index (κ1) is 15.1. The van der Waals surface area contributed by atoms with E-state index in [0.717, 1.165) is 26.2 Å². The Morgan fingerprint density at radius 2 is 1.77 bits per heavy atom. The van der Waals surface area contributed by atoms with Gasteiger partial charge in [-0.3, -0.25) is 4.90 Å². The van der Waals surface area contributed by atoms with Crippen molar-refractivity contribution in [3.8, 4) is 16.9 Å². The molecule has 0 bridgehead atoms. The Hall–Kier alpha value is -1.84. The van der Waals surface area contributed by atoms with Gasteiger partial charge in [-0.2, -0.15) is 0 Å². The summed E-state index contributed by atoms with van der Waals surface area (Å²) in [7, 11) is 2.19. The highest BCUT2D eigenvalue weighted by Crippen LogP contribution is 2.28. The molecular weight excluding hydrogens is 272 g/mol. The fourth-order valence-corrected chi connectivity index (χ4v) is 3.11. The van der Waals surface area contributed by atoms with Gasteiger partial charge in [-0.15, -0.1) is 0 Å². The van der Waals surface area contributed by atoms with Crippen molar-refractivity contribution in [3.63, 3.8) is 0 Å². The number of hydrogen-bond acceptors (Lipinski definition) is 3.